The van der Waals surface area contributed by atoms with E-state index in [1.165, 1.54) is 16.6 Å². The molecule has 0 saturated heterocycles. The Kier molecular flexibility index (Phi) is 4.89. The van der Waals surface area contributed by atoms with Crippen molar-refractivity contribution in [2.24, 2.45) is 0 Å². The maximum atomic E-state index is 10.1. The third-order valence-corrected chi connectivity index (χ3v) is 4.40. The van der Waals surface area contributed by atoms with Gasteiger partial charge < -0.3 is 14.4 Å². The van der Waals surface area contributed by atoms with Crippen molar-refractivity contribution in [3.63, 3.8) is 0 Å². The number of rotatable bonds is 6. The summed E-state index contributed by atoms with van der Waals surface area (Å²) in [6, 6.07) is 18.6. The molecule has 1 heterocycles. The zero-order valence-electron chi connectivity index (χ0n) is 16.0. The van der Waals surface area contributed by atoms with E-state index >= 15 is 0 Å². The van der Waals surface area contributed by atoms with Crippen LogP contribution < -0.4 is 4.74 Å². The highest BCUT2D eigenvalue weighted by Gasteiger charge is 2.28. The van der Waals surface area contributed by atoms with E-state index in [1.807, 2.05) is 18.2 Å². The van der Waals surface area contributed by atoms with Gasteiger partial charge in [0.1, 0.15) is 13.6 Å². The molecule has 0 aliphatic rings. The number of fused-ring (bicyclic) bond motifs is 1. The molecule has 0 saturated carbocycles. The van der Waals surface area contributed by atoms with E-state index in [-0.39, 0.29) is 0 Å². The first-order chi connectivity index (χ1) is 12.2. The normalized spacial score (nSPS) is 14.3. The molecule has 1 atom stereocenters. The van der Waals surface area contributed by atoms with E-state index in [1.54, 1.807) is 20.8 Å². The Morgan fingerprint density at radius 1 is 1.04 bits per heavy atom. The molecule has 1 aromatic heterocycles. The minimum atomic E-state index is -0.947. The lowest BCUT2D eigenvalue weighted by Gasteiger charge is -2.33. The minimum absolute atomic E-state index is 0.335. The highest BCUT2D eigenvalue weighted by Crippen LogP contribution is 2.32. The van der Waals surface area contributed by atoms with Gasteiger partial charge in [0, 0.05) is 30.1 Å². The van der Waals surface area contributed by atoms with Crippen LogP contribution in [0.5, 0.6) is 5.75 Å². The molecule has 0 amide bonds. The standard InChI is InChI=1S/C22H26BNO2/c1-5-24-19(16-9-7-6-8-10-16)13-17-11-12-18(14-20(17)24)26-22(4,23)15-21(2,3)25/h6-14,25H,5,15H2,1-4H3. The summed E-state index contributed by atoms with van der Waals surface area (Å²) in [6.07, 6.45) is 0.335. The second-order valence-electron chi connectivity index (χ2n) is 7.76. The predicted octanol–water partition coefficient (Wildman–Crippen LogP) is 4.75. The van der Waals surface area contributed by atoms with Gasteiger partial charge in [-0.15, -0.1) is 0 Å². The van der Waals surface area contributed by atoms with Gasteiger partial charge >= 0.3 is 0 Å². The van der Waals surface area contributed by atoms with Gasteiger partial charge in [0.15, 0.2) is 0 Å². The highest BCUT2D eigenvalue weighted by molar-refractivity contribution is 6.14. The van der Waals surface area contributed by atoms with Gasteiger partial charge in [0.25, 0.3) is 0 Å². The number of hydrogen-bond acceptors (Lipinski definition) is 2. The lowest BCUT2D eigenvalue weighted by Crippen LogP contribution is -2.40. The molecule has 26 heavy (non-hydrogen) atoms. The maximum Gasteiger partial charge on any atom is 0.131 e. The van der Waals surface area contributed by atoms with E-state index in [9.17, 15) is 5.11 Å². The zero-order valence-corrected chi connectivity index (χ0v) is 16.0. The Hall–Kier alpha value is -2.20. The zero-order chi connectivity index (χ0) is 18.9. The second kappa shape index (κ2) is 6.84. The highest BCUT2D eigenvalue weighted by atomic mass is 16.5. The van der Waals surface area contributed by atoms with Crippen molar-refractivity contribution in [1.29, 1.82) is 0 Å². The Morgan fingerprint density at radius 3 is 2.35 bits per heavy atom. The molecular weight excluding hydrogens is 321 g/mol. The molecule has 4 heteroatoms. The molecule has 134 valence electrons. The third kappa shape index (κ3) is 4.13. The van der Waals surface area contributed by atoms with Gasteiger partial charge in [-0.1, -0.05) is 30.3 Å². The fraction of sp³-hybridized carbons (Fsp3) is 0.364. The van der Waals surface area contributed by atoms with Crippen LogP contribution in [-0.2, 0) is 6.54 Å². The van der Waals surface area contributed by atoms with Gasteiger partial charge in [-0.2, -0.15) is 0 Å². The van der Waals surface area contributed by atoms with Crippen LogP contribution in [-0.4, -0.2) is 28.6 Å². The lowest BCUT2D eigenvalue weighted by atomic mass is 9.75. The van der Waals surface area contributed by atoms with Crippen LogP contribution in [0.1, 0.15) is 34.1 Å². The molecule has 0 spiro atoms. The topological polar surface area (TPSA) is 34.4 Å². The van der Waals surface area contributed by atoms with Gasteiger partial charge in [0.2, 0.25) is 0 Å². The summed E-state index contributed by atoms with van der Waals surface area (Å²) in [4.78, 5) is 0. The van der Waals surface area contributed by atoms with Crippen LogP contribution in [0.2, 0.25) is 0 Å². The Labute approximate surface area is 157 Å². The number of benzene rings is 2. The van der Waals surface area contributed by atoms with Crippen molar-refractivity contribution in [1.82, 2.24) is 4.57 Å². The number of aliphatic hydroxyl groups is 1. The van der Waals surface area contributed by atoms with E-state index in [4.69, 9.17) is 12.6 Å². The monoisotopic (exact) mass is 347 g/mol. The van der Waals surface area contributed by atoms with E-state index in [0.29, 0.717) is 12.2 Å². The van der Waals surface area contributed by atoms with Gasteiger partial charge in [-0.05, 0) is 51.5 Å². The van der Waals surface area contributed by atoms with Crippen molar-refractivity contribution in [2.75, 3.05) is 0 Å². The second-order valence-corrected chi connectivity index (χ2v) is 7.76. The molecule has 3 nitrogen and oxygen atoms in total. The smallest absolute Gasteiger partial charge is 0.131 e. The molecule has 0 aliphatic carbocycles. The molecule has 0 bridgehead atoms. The summed E-state index contributed by atoms with van der Waals surface area (Å²) >= 11 is 0. The van der Waals surface area contributed by atoms with E-state index < -0.39 is 11.1 Å². The maximum absolute atomic E-state index is 10.1. The van der Waals surface area contributed by atoms with Crippen LogP contribution in [0.15, 0.2) is 54.6 Å². The van der Waals surface area contributed by atoms with Gasteiger partial charge in [-0.25, -0.2) is 0 Å². The Balaban J connectivity index is 1.98. The summed E-state index contributed by atoms with van der Waals surface area (Å²) in [5.41, 5.74) is 1.66. The average molecular weight is 347 g/mol. The number of aryl methyl sites for hydroxylation is 1. The number of hydrogen-bond donors (Lipinski definition) is 1. The molecular formula is C22H26BNO2. The number of ether oxygens (including phenoxy) is 1. The fourth-order valence-electron chi connectivity index (χ4n) is 3.65. The van der Waals surface area contributed by atoms with Crippen LogP contribution in [0.4, 0.5) is 0 Å². The van der Waals surface area contributed by atoms with Crippen molar-refractivity contribution >= 4 is 18.7 Å². The molecule has 3 aromatic rings. The molecule has 2 radical (unpaired) electrons. The largest absolute Gasteiger partial charge is 0.497 e. The Morgan fingerprint density at radius 2 is 1.73 bits per heavy atom. The fourth-order valence-corrected chi connectivity index (χ4v) is 3.65. The quantitative estimate of drug-likeness (QED) is 0.653. The average Bonchev–Trinajstić information content (AvgIpc) is 2.90. The first-order valence-electron chi connectivity index (χ1n) is 9.07. The first kappa shape index (κ1) is 18.6. The summed E-state index contributed by atoms with van der Waals surface area (Å²) in [5, 5.41) is 11.2. The summed E-state index contributed by atoms with van der Waals surface area (Å²) in [7, 11) is 6.26. The molecule has 3 rings (SSSR count). The number of aromatic nitrogens is 1. The lowest BCUT2D eigenvalue weighted by molar-refractivity contribution is 0.0172. The molecule has 1 unspecified atom stereocenters. The first-order valence-corrected chi connectivity index (χ1v) is 9.07. The summed E-state index contributed by atoms with van der Waals surface area (Å²) in [5.74, 6) is 0.708. The summed E-state index contributed by atoms with van der Waals surface area (Å²) < 4.78 is 8.28. The predicted molar refractivity (Wildman–Crippen MR) is 109 cm³/mol. The van der Waals surface area contributed by atoms with Crippen molar-refractivity contribution in [3.05, 3.63) is 54.6 Å². The molecule has 0 aliphatic heterocycles. The van der Waals surface area contributed by atoms with E-state index in [0.717, 1.165) is 12.1 Å². The van der Waals surface area contributed by atoms with Crippen molar-refractivity contribution in [2.45, 2.75) is 51.8 Å². The van der Waals surface area contributed by atoms with Crippen LogP contribution in [0, 0.1) is 0 Å². The minimum Gasteiger partial charge on any atom is -0.497 e. The molecule has 2 aromatic carbocycles. The van der Waals surface area contributed by atoms with Crippen LogP contribution in [0.25, 0.3) is 22.2 Å². The van der Waals surface area contributed by atoms with Crippen molar-refractivity contribution in [3.8, 4) is 17.0 Å². The SMILES string of the molecule is [B]C(C)(CC(C)(C)O)Oc1ccc2cc(-c3ccccc3)n(CC)c2c1. The van der Waals surface area contributed by atoms with Gasteiger partial charge in [0.05, 0.1) is 16.6 Å². The summed E-state index contributed by atoms with van der Waals surface area (Å²) in [6.45, 7) is 8.27. The Bertz CT molecular complexity index is 892. The van der Waals surface area contributed by atoms with Gasteiger partial charge in [-0.3, -0.25) is 0 Å². The molecule has 1 N–H and O–H groups in total. The third-order valence-electron chi connectivity index (χ3n) is 4.40. The number of nitrogens with zero attached hydrogens (tertiary/aromatic N) is 1. The van der Waals surface area contributed by atoms with Crippen LogP contribution >= 0.6 is 0 Å². The van der Waals surface area contributed by atoms with E-state index in [2.05, 4.69) is 47.9 Å². The molecule has 0 fully saturated rings. The van der Waals surface area contributed by atoms with Crippen LogP contribution in [0.3, 0.4) is 0 Å². The van der Waals surface area contributed by atoms with Crippen molar-refractivity contribution < 1.29 is 9.84 Å².